The summed E-state index contributed by atoms with van der Waals surface area (Å²) in [6.45, 7) is 3.32. The Balaban J connectivity index is 2.59. The minimum absolute atomic E-state index is 0.0775. The summed E-state index contributed by atoms with van der Waals surface area (Å²) in [5, 5.41) is 9.24. The van der Waals surface area contributed by atoms with Gasteiger partial charge in [-0.05, 0) is 6.92 Å². The van der Waals surface area contributed by atoms with Crippen LogP contribution in [-0.4, -0.2) is 47.3 Å². The second-order valence-corrected chi connectivity index (χ2v) is 2.74. The molecule has 1 heterocycles. The highest BCUT2D eigenvalue weighted by atomic mass is 16.3. The minimum atomic E-state index is -0.592. The van der Waals surface area contributed by atoms with Gasteiger partial charge in [-0.15, -0.1) is 0 Å². The second-order valence-electron chi connectivity index (χ2n) is 2.74. The first-order valence-electron chi connectivity index (χ1n) is 3.86. The lowest BCUT2D eigenvalue weighted by atomic mass is 10.2. The molecule has 0 aliphatic carbocycles. The van der Waals surface area contributed by atoms with Crippen molar-refractivity contribution in [3.05, 3.63) is 0 Å². The van der Waals surface area contributed by atoms with E-state index in [1.54, 1.807) is 11.9 Å². The maximum atomic E-state index is 11.3. The minimum Gasteiger partial charge on any atom is -0.373 e. The van der Waals surface area contributed by atoms with Crippen LogP contribution < -0.4 is 0 Å². The third-order valence-corrected chi connectivity index (χ3v) is 2.06. The van der Waals surface area contributed by atoms with Gasteiger partial charge in [0, 0.05) is 26.6 Å². The van der Waals surface area contributed by atoms with Crippen LogP contribution in [0.1, 0.15) is 13.3 Å². The summed E-state index contributed by atoms with van der Waals surface area (Å²) in [6, 6.07) is -0.0775. The van der Waals surface area contributed by atoms with Crippen LogP contribution in [0.2, 0.25) is 0 Å². The summed E-state index contributed by atoms with van der Waals surface area (Å²) in [4.78, 5) is 14.3. The quantitative estimate of drug-likeness (QED) is 0.587. The molecule has 0 aromatic rings. The van der Waals surface area contributed by atoms with Crippen molar-refractivity contribution in [2.45, 2.75) is 19.6 Å². The van der Waals surface area contributed by atoms with Gasteiger partial charge in [-0.3, -0.25) is 0 Å². The molecule has 0 saturated carbocycles. The third kappa shape index (κ3) is 1.45. The fourth-order valence-electron chi connectivity index (χ4n) is 1.20. The van der Waals surface area contributed by atoms with E-state index in [1.807, 2.05) is 6.92 Å². The number of hydrogen-bond donors (Lipinski definition) is 1. The van der Waals surface area contributed by atoms with Crippen LogP contribution in [0.4, 0.5) is 4.79 Å². The van der Waals surface area contributed by atoms with Gasteiger partial charge in [-0.25, -0.2) is 4.79 Å². The molecule has 1 fully saturated rings. The summed E-state index contributed by atoms with van der Waals surface area (Å²) in [5.74, 6) is 0. The van der Waals surface area contributed by atoms with Crippen LogP contribution >= 0.6 is 0 Å². The zero-order valence-electron chi connectivity index (χ0n) is 6.95. The zero-order chi connectivity index (χ0) is 8.43. The van der Waals surface area contributed by atoms with Gasteiger partial charge >= 0.3 is 6.03 Å². The van der Waals surface area contributed by atoms with Crippen LogP contribution in [-0.2, 0) is 0 Å². The standard InChI is InChI=1S/C7H14N2O2/c1-3-9-5-4-6(10)8(2)7(9)11/h6,10H,3-5H2,1-2H3. The lowest BCUT2D eigenvalue weighted by Gasteiger charge is -2.36. The van der Waals surface area contributed by atoms with E-state index in [0.717, 1.165) is 6.54 Å². The van der Waals surface area contributed by atoms with E-state index < -0.39 is 6.23 Å². The SMILES string of the molecule is CCN1CCC(O)N(C)C1=O. The number of rotatable bonds is 1. The Kier molecular flexibility index (Phi) is 2.34. The predicted molar refractivity (Wildman–Crippen MR) is 41.0 cm³/mol. The maximum absolute atomic E-state index is 11.3. The van der Waals surface area contributed by atoms with E-state index in [2.05, 4.69) is 0 Å². The predicted octanol–water partition coefficient (Wildman–Crippen LogP) is 0.0822. The molecule has 1 aliphatic rings. The van der Waals surface area contributed by atoms with Crippen molar-refractivity contribution in [2.24, 2.45) is 0 Å². The molecule has 0 aromatic carbocycles. The molecule has 1 aliphatic heterocycles. The number of amides is 2. The molecule has 64 valence electrons. The van der Waals surface area contributed by atoms with E-state index >= 15 is 0 Å². The molecule has 0 bridgehead atoms. The molecule has 0 aromatic heterocycles. The summed E-state index contributed by atoms with van der Waals surface area (Å²) >= 11 is 0. The molecule has 1 atom stereocenters. The molecular formula is C7H14N2O2. The molecule has 4 nitrogen and oxygen atoms in total. The van der Waals surface area contributed by atoms with Gasteiger partial charge in [-0.2, -0.15) is 0 Å². The Hall–Kier alpha value is -0.770. The lowest BCUT2D eigenvalue weighted by Crippen LogP contribution is -2.52. The first kappa shape index (κ1) is 8.33. The lowest BCUT2D eigenvalue weighted by molar-refractivity contribution is -0.000861. The molecule has 4 heteroatoms. The van der Waals surface area contributed by atoms with Gasteiger partial charge in [0.15, 0.2) is 0 Å². The highest BCUT2D eigenvalue weighted by Gasteiger charge is 2.27. The Bertz CT molecular complexity index is 157. The highest BCUT2D eigenvalue weighted by molar-refractivity contribution is 5.75. The van der Waals surface area contributed by atoms with Crippen molar-refractivity contribution in [3.8, 4) is 0 Å². The molecule has 11 heavy (non-hydrogen) atoms. The number of aliphatic hydroxyl groups is 1. The maximum Gasteiger partial charge on any atom is 0.321 e. The van der Waals surface area contributed by atoms with Gasteiger partial charge in [0.2, 0.25) is 0 Å². The summed E-state index contributed by atoms with van der Waals surface area (Å²) in [7, 11) is 1.62. The molecule has 2 amide bonds. The summed E-state index contributed by atoms with van der Waals surface area (Å²) in [5.41, 5.74) is 0. The van der Waals surface area contributed by atoms with Gasteiger partial charge in [-0.1, -0.05) is 0 Å². The van der Waals surface area contributed by atoms with Crippen molar-refractivity contribution >= 4 is 6.03 Å². The Morgan fingerprint density at radius 1 is 1.73 bits per heavy atom. The first-order valence-corrected chi connectivity index (χ1v) is 3.86. The van der Waals surface area contributed by atoms with Crippen LogP contribution in [0, 0.1) is 0 Å². The largest absolute Gasteiger partial charge is 0.373 e. The van der Waals surface area contributed by atoms with Crippen LogP contribution in [0.25, 0.3) is 0 Å². The first-order chi connectivity index (χ1) is 5.16. The number of nitrogens with zero attached hydrogens (tertiary/aromatic N) is 2. The molecule has 1 N–H and O–H groups in total. The van der Waals surface area contributed by atoms with Gasteiger partial charge in [0.25, 0.3) is 0 Å². The van der Waals surface area contributed by atoms with E-state index in [-0.39, 0.29) is 6.03 Å². The van der Waals surface area contributed by atoms with Crippen molar-refractivity contribution in [3.63, 3.8) is 0 Å². The average molecular weight is 158 g/mol. The van der Waals surface area contributed by atoms with Crippen molar-refractivity contribution in [1.29, 1.82) is 0 Å². The average Bonchev–Trinajstić information content (AvgIpc) is 2.01. The Labute approximate surface area is 66.4 Å². The number of hydrogen-bond acceptors (Lipinski definition) is 2. The number of urea groups is 1. The number of aliphatic hydroxyl groups excluding tert-OH is 1. The molecule has 1 unspecified atom stereocenters. The summed E-state index contributed by atoms with van der Waals surface area (Å²) in [6.07, 6.45) is 0.0566. The van der Waals surface area contributed by atoms with Crippen LogP contribution in [0.3, 0.4) is 0 Å². The van der Waals surface area contributed by atoms with E-state index in [9.17, 15) is 9.90 Å². The van der Waals surface area contributed by atoms with Crippen molar-refractivity contribution < 1.29 is 9.90 Å². The van der Waals surface area contributed by atoms with Crippen LogP contribution in [0.15, 0.2) is 0 Å². The number of carbonyl (C=O) groups excluding carboxylic acids is 1. The Morgan fingerprint density at radius 2 is 2.36 bits per heavy atom. The van der Waals surface area contributed by atoms with Crippen molar-refractivity contribution in [2.75, 3.05) is 20.1 Å². The fraction of sp³-hybridized carbons (Fsp3) is 0.857. The third-order valence-electron chi connectivity index (χ3n) is 2.06. The fourth-order valence-corrected chi connectivity index (χ4v) is 1.20. The molecule has 0 spiro atoms. The topological polar surface area (TPSA) is 43.8 Å². The van der Waals surface area contributed by atoms with Crippen molar-refractivity contribution in [1.82, 2.24) is 9.80 Å². The normalized spacial score (nSPS) is 26.1. The Morgan fingerprint density at radius 3 is 2.91 bits per heavy atom. The zero-order valence-corrected chi connectivity index (χ0v) is 6.95. The molecular weight excluding hydrogens is 144 g/mol. The van der Waals surface area contributed by atoms with Gasteiger partial charge in [0.1, 0.15) is 6.23 Å². The van der Waals surface area contributed by atoms with E-state index in [1.165, 1.54) is 4.90 Å². The molecule has 1 rings (SSSR count). The molecule has 0 radical (unpaired) electrons. The molecule has 1 saturated heterocycles. The highest BCUT2D eigenvalue weighted by Crippen LogP contribution is 2.10. The monoisotopic (exact) mass is 158 g/mol. The van der Waals surface area contributed by atoms with Gasteiger partial charge < -0.3 is 14.9 Å². The second kappa shape index (κ2) is 3.09. The summed E-state index contributed by atoms with van der Waals surface area (Å²) < 4.78 is 0. The van der Waals surface area contributed by atoms with E-state index in [0.29, 0.717) is 13.0 Å². The smallest absolute Gasteiger partial charge is 0.321 e. The van der Waals surface area contributed by atoms with Crippen LogP contribution in [0.5, 0.6) is 0 Å². The van der Waals surface area contributed by atoms with E-state index in [4.69, 9.17) is 0 Å². The van der Waals surface area contributed by atoms with Gasteiger partial charge in [0.05, 0.1) is 0 Å². The number of carbonyl (C=O) groups is 1.